The molecule has 1 aliphatic heterocycles. The van der Waals surface area contributed by atoms with Gasteiger partial charge in [-0.15, -0.1) is 0 Å². The van der Waals surface area contributed by atoms with Gasteiger partial charge in [0, 0.05) is 44.2 Å². The Bertz CT molecular complexity index is 508. The van der Waals surface area contributed by atoms with Crippen LogP contribution < -0.4 is 5.73 Å². The van der Waals surface area contributed by atoms with Gasteiger partial charge in [-0.3, -0.25) is 9.69 Å². The molecule has 1 aromatic heterocycles. The van der Waals surface area contributed by atoms with E-state index in [1.807, 2.05) is 17.9 Å². The van der Waals surface area contributed by atoms with Gasteiger partial charge in [-0.1, -0.05) is 11.6 Å². The Labute approximate surface area is 131 Å². The molecule has 0 bridgehead atoms. The molecular formula is C16H26N4O2. The van der Waals surface area contributed by atoms with E-state index in [4.69, 9.17) is 10.3 Å². The summed E-state index contributed by atoms with van der Waals surface area (Å²) in [6, 6.07) is 2.18. The quantitative estimate of drug-likeness (QED) is 0.906. The van der Waals surface area contributed by atoms with Crippen molar-refractivity contribution in [3.63, 3.8) is 0 Å². The van der Waals surface area contributed by atoms with Crippen LogP contribution >= 0.6 is 0 Å². The summed E-state index contributed by atoms with van der Waals surface area (Å²) in [6.45, 7) is 6.10. The smallest absolute Gasteiger partial charge is 0.225 e. The van der Waals surface area contributed by atoms with Gasteiger partial charge in [0.05, 0.1) is 12.2 Å². The highest BCUT2D eigenvalue weighted by Gasteiger charge is 2.30. The fourth-order valence-electron chi connectivity index (χ4n) is 3.55. The molecule has 0 spiro atoms. The Morgan fingerprint density at radius 2 is 2.14 bits per heavy atom. The molecule has 122 valence electrons. The summed E-state index contributed by atoms with van der Waals surface area (Å²) in [4.78, 5) is 16.9. The van der Waals surface area contributed by atoms with Gasteiger partial charge in [0.2, 0.25) is 5.91 Å². The van der Waals surface area contributed by atoms with Crippen LogP contribution in [0.5, 0.6) is 0 Å². The number of carbonyl (C=O) groups excluding carboxylic acids is 1. The summed E-state index contributed by atoms with van der Waals surface area (Å²) in [7, 11) is 0. The van der Waals surface area contributed by atoms with Crippen molar-refractivity contribution < 1.29 is 9.32 Å². The zero-order valence-corrected chi connectivity index (χ0v) is 13.3. The number of carbonyl (C=O) groups is 1. The lowest BCUT2D eigenvalue weighted by molar-refractivity contribution is -0.138. The first kappa shape index (κ1) is 15.5. The Kier molecular flexibility index (Phi) is 4.78. The zero-order valence-electron chi connectivity index (χ0n) is 13.3. The van der Waals surface area contributed by atoms with E-state index in [1.165, 1.54) is 0 Å². The van der Waals surface area contributed by atoms with Gasteiger partial charge in [0.15, 0.2) is 5.76 Å². The second-order valence-electron chi connectivity index (χ2n) is 6.66. The van der Waals surface area contributed by atoms with E-state index in [9.17, 15) is 4.79 Å². The van der Waals surface area contributed by atoms with Gasteiger partial charge in [-0.05, 0) is 26.2 Å². The fraction of sp³-hybridized carbons (Fsp3) is 0.750. The number of aryl methyl sites for hydroxylation is 1. The molecular weight excluding hydrogens is 280 g/mol. The first-order valence-corrected chi connectivity index (χ1v) is 8.31. The highest BCUT2D eigenvalue weighted by Crippen LogP contribution is 2.25. The minimum absolute atomic E-state index is 0.146. The third-order valence-corrected chi connectivity index (χ3v) is 4.80. The second-order valence-corrected chi connectivity index (χ2v) is 6.66. The molecule has 1 saturated heterocycles. The predicted octanol–water partition coefficient (Wildman–Crippen LogP) is 1.14. The molecule has 2 heterocycles. The lowest BCUT2D eigenvalue weighted by Crippen LogP contribution is -2.50. The van der Waals surface area contributed by atoms with Crippen molar-refractivity contribution >= 4 is 5.91 Å². The second kappa shape index (κ2) is 6.79. The lowest BCUT2D eigenvalue weighted by Gasteiger charge is -2.37. The number of hydrogen-bond donors (Lipinski definition) is 1. The Hall–Kier alpha value is -1.40. The van der Waals surface area contributed by atoms with Gasteiger partial charge < -0.3 is 15.2 Å². The fourth-order valence-corrected chi connectivity index (χ4v) is 3.55. The third-order valence-electron chi connectivity index (χ3n) is 4.80. The molecule has 2 unspecified atom stereocenters. The lowest BCUT2D eigenvalue weighted by atomic mass is 9.85. The largest absolute Gasteiger partial charge is 0.360 e. The van der Waals surface area contributed by atoms with Crippen LogP contribution in [0.15, 0.2) is 10.6 Å². The molecule has 2 aliphatic rings. The first-order valence-electron chi connectivity index (χ1n) is 8.31. The minimum Gasteiger partial charge on any atom is -0.360 e. The molecule has 2 atom stereocenters. The van der Waals surface area contributed by atoms with Gasteiger partial charge in [0.1, 0.15) is 0 Å². The molecule has 0 radical (unpaired) electrons. The molecule has 0 aromatic carbocycles. The molecule has 22 heavy (non-hydrogen) atoms. The summed E-state index contributed by atoms with van der Waals surface area (Å²) in [5.41, 5.74) is 6.92. The van der Waals surface area contributed by atoms with Crippen molar-refractivity contribution in [1.82, 2.24) is 15.0 Å². The maximum Gasteiger partial charge on any atom is 0.225 e. The number of hydrogen-bond acceptors (Lipinski definition) is 5. The SMILES string of the molecule is Cc1cc(CN2CCN(C(=O)C3CCCC(N)C3)CC2)on1. The number of nitrogens with two attached hydrogens (primary N) is 1. The highest BCUT2D eigenvalue weighted by molar-refractivity contribution is 5.79. The zero-order chi connectivity index (χ0) is 15.5. The Balaban J connectivity index is 1.47. The minimum atomic E-state index is 0.146. The van der Waals surface area contributed by atoms with Crippen molar-refractivity contribution in [2.75, 3.05) is 26.2 Å². The molecule has 1 aromatic rings. The normalized spacial score (nSPS) is 27.1. The van der Waals surface area contributed by atoms with Crippen molar-refractivity contribution in [2.24, 2.45) is 11.7 Å². The maximum absolute atomic E-state index is 12.6. The van der Waals surface area contributed by atoms with E-state index in [0.717, 1.165) is 69.9 Å². The first-order chi connectivity index (χ1) is 10.6. The summed E-state index contributed by atoms with van der Waals surface area (Å²) < 4.78 is 5.26. The van der Waals surface area contributed by atoms with Crippen LogP contribution in [-0.2, 0) is 11.3 Å². The van der Waals surface area contributed by atoms with Crippen LogP contribution in [0.4, 0.5) is 0 Å². The summed E-state index contributed by atoms with van der Waals surface area (Å²) >= 11 is 0. The molecule has 1 amide bonds. The third kappa shape index (κ3) is 3.67. The number of nitrogens with zero attached hydrogens (tertiary/aromatic N) is 3. The standard InChI is InChI=1S/C16H26N4O2/c1-12-9-15(22-18-12)11-19-5-7-20(8-6-19)16(21)13-3-2-4-14(17)10-13/h9,13-14H,2-8,10-11,17H2,1H3. The van der Waals surface area contributed by atoms with E-state index in [-0.39, 0.29) is 12.0 Å². The number of aromatic nitrogens is 1. The molecule has 6 nitrogen and oxygen atoms in total. The van der Waals surface area contributed by atoms with E-state index >= 15 is 0 Å². The van der Waals surface area contributed by atoms with Crippen LogP contribution in [-0.4, -0.2) is 53.1 Å². The van der Waals surface area contributed by atoms with Crippen LogP contribution in [0, 0.1) is 12.8 Å². The van der Waals surface area contributed by atoms with Crippen molar-refractivity contribution in [3.8, 4) is 0 Å². The van der Waals surface area contributed by atoms with E-state index in [0.29, 0.717) is 5.91 Å². The van der Waals surface area contributed by atoms with E-state index in [1.54, 1.807) is 0 Å². The van der Waals surface area contributed by atoms with E-state index in [2.05, 4.69) is 10.1 Å². The van der Waals surface area contributed by atoms with Crippen LogP contribution in [0.1, 0.15) is 37.1 Å². The topological polar surface area (TPSA) is 75.6 Å². The molecule has 3 rings (SSSR count). The van der Waals surface area contributed by atoms with Crippen molar-refractivity contribution in [3.05, 3.63) is 17.5 Å². The van der Waals surface area contributed by atoms with Crippen LogP contribution in [0.3, 0.4) is 0 Å². The van der Waals surface area contributed by atoms with Gasteiger partial charge in [-0.25, -0.2) is 0 Å². The summed E-state index contributed by atoms with van der Waals surface area (Å²) in [6.07, 6.45) is 4.01. The number of amides is 1. The van der Waals surface area contributed by atoms with Gasteiger partial charge in [0.25, 0.3) is 0 Å². The summed E-state index contributed by atoms with van der Waals surface area (Å²) in [5.74, 6) is 1.35. The van der Waals surface area contributed by atoms with Crippen molar-refractivity contribution in [1.29, 1.82) is 0 Å². The summed E-state index contributed by atoms with van der Waals surface area (Å²) in [5, 5.41) is 3.92. The Morgan fingerprint density at radius 3 is 2.77 bits per heavy atom. The van der Waals surface area contributed by atoms with E-state index < -0.39 is 0 Å². The van der Waals surface area contributed by atoms with Crippen LogP contribution in [0.25, 0.3) is 0 Å². The molecule has 6 heteroatoms. The number of rotatable bonds is 3. The van der Waals surface area contributed by atoms with Gasteiger partial charge in [-0.2, -0.15) is 0 Å². The molecule has 2 N–H and O–H groups in total. The van der Waals surface area contributed by atoms with Crippen molar-refractivity contribution in [2.45, 2.75) is 45.2 Å². The van der Waals surface area contributed by atoms with Gasteiger partial charge >= 0.3 is 0 Å². The monoisotopic (exact) mass is 306 g/mol. The molecule has 1 saturated carbocycles. The van der Waals surface area contributed by atoms with Crippen LogP contribution in [0.2, 0.25) is 0 Å². The average molecular weight is 306 g/mol. The maximum atomic E-state index is 12.6. The number of piperazine rings is 1. The average Bonchev–Trinajstić information content (AvgIpc) is 2.92. The Morgan fingerprint density at radius 1 is 1.36 bits per heavy atom. The molecule has 2 fully saturated rings. The predicted molar refractivity (Wildman–Crippen MR) is 83.0 cm³/mol. The molecule has 1 aliphatic carbocycles. The highest BCUT2D eigenvalue weighted by atomic mass is 16.5.